The predicted octanol–water partition coefficient (Wildman–Crippen LogP) is 2.72. The third-order valence-electron chi connectivity index (χ3n) is 8.13. The third-order valence-corrected chi connectivity index (χ3v) is 8.13. The SMILES string of the molecule is CO[C@H]1C[C@@H](C)[C@H]2C[C@H]3OC(=O)C[C@H]4C(C)=CC(=O)[C@@H]([C@@]2(C)C1=O)[C@@]34C. The Labute approximate surface area is 154 Å². The van der Waals surface area contributed by atoms with Gasteiger partial charge in [-0.15, -0.1) is 0 Å². The highest BCUT2D eigenvalue weighted by molar-refractivity contribution is 6.02. The summed E-state index contributed by atoms with van der Waals surface area (Å²) in [5.74, 6) is -0.392. The molecule has 0 aromatic rings. The standard InChI is InChI=1S/C21H28O5/c1-10-6-14(22)18-20(3)13(10)9-17(23)26-16(20)8-12-11(2)7-15(25-5)19(24)21(12,18)4/h6,11-13,15-16,18H,7-9H2,1-5H3/t11-,12-,13+,15+,16-,18-,20-,21+/m1/s1. The van der Waals surface area contributed by atoms with E-state index in [1.807, 2.05) is 13.8 Å². The Kier molecular flexibility index (Phi) is 3.79. The van der Waals surface area contributed by atoms with Gasteiger partial charge >= 0.3 is 5.97 Å². The maximum absolute atomic E-state index is 13.5. The number of hydrogen-bond acceptors (Lipinski definition) is 5. The van der Waals surface area contributed by atoms with Crippen LogP contribution in [0.2, 0.25) is 0 Å². The summed E-state index contributed by atoms with van der Waals surface area (Å²) >= 11 is 0. The largest absolute Gasteiger partial charge is 0.462 e. The van der Waals surface area contributed by atoms with E-state index in [0.29, 0.717) is 12.8 Å². The van der Waals surface area contributed by atoms with Crippen molar-refractivity contribution >= 4 is 17.5 Å². The summed E-state index contributed by atoms with van der Waals surface area (Å²) < 4.78 is 11.3. The highest BCUT2D eigenvalue weighted by Gasteiger charge is 2.71. The van der Waals surface area contributed by atoms with E-state index in [1.165, 1.54) is 0 Å². The smallest absolute Gasteiger partial charge is 0.306 e. The van der Waals surface area contributed by atoms with Gasteiger partial charge in [0, 0.05) is 29.8 Å². The van der Waals surface area contributed by atoms with Gasteiger partial charge < -0.3 is 9.47 Å². The Morgan fingerprint density at radius 2 is 1.88 bits per heavy atom. The summed E-state index contributed by atoms with van der Waals surface area (Å²) in [6.45, 7) is 8.08. The molecule has 26 heavy (non-hydrogen) atoms. The molecule has 5 nitrogen and oxygen atoms in total. The number of carbonyl (C=O) groups is 3. The van der Waals surface area contributed by atoms with Crippen molar-refractivity contribution < 1.29 is 23.9 Å². The fourth-order valence-corrected chi connectivity index (χ4v) is 6.94. The van der Waals surface area contributed by atoms with Crippen LogP contribution in [0.4, 0.5) is 0 Å². The molecule has 1 saturated heterocycles. The van der Waals surface area contributed by atoms with Crippen molar-refractivity contribution in [3.05, 3.63) is 11.6 Å². The van der Waals surface area contributed by atoms with Crippen molar-refractivity contribution in [2.24, 2.45) is 34.5 Å². The van der Waals surface area contributed by atoms with E-state index in [1.54, 1.807) is 13.2 Å². The van der Waals surface area contributed by atoms with Crippen LogP contribution in [-0.2, 0) is 23.9 Å². The minimum absolute atomic E-state index is 0.00806. The van der Waals surface area contributed by atoms with Crippen LogP contribution in [0.25, 0.3) is 0 Å². The monoisotopic (exact) mass is 360 g/mol. The summed E-state index contributed by atoms with van der Waals surface area (Å²) in [7, 11) is 1.57. The second kappa shape index (κ2) is 5.51. The number of esters is 1. The van der Waals surface area contributed by atoms with Crippen molar-refractivity contribution in [1.82, 2.24) is 0 Å². The summed E-state index contributed by atoms with van der Waals surface area (Å²) in [5.41, 5.74) is -0.364. The van der Waals surface area contributed by atoms with Crippen LogP contribution in [0.5, 0.6) is 0 Å². The molecule has 2 saturated carbocycles. The van der Waals surface area contributed by atoms with E-state index in [9.17, 15) is 14.4 Å². The fourth-order valence-electron chi connectivity index (χ4n) is 6.94. The molecule has 4 aliphatic rings. The number of allylic oxidation sites excluding steroid dienone is 2. The van der Waals surface area contributed by atoms with Crippen molar-refractivity contribution in [3.8, 4) is 0 Å². The van der Waals surface area contributed by atoms with Gasteiger partial charge in [-0.05, 0) is 37.7 Å². The molecular formula is C21H28O5. The number of methoxy groups -OCH3 is 1. The van der Waals surface area contributed by atoms with E-state index in [0.717, 1.165) is 5.57 Å². The molecule has 5 heteroatoms. The molecule has 0 spiro atoms. The maximum atomic E-state index is 13.5. The molecule has 0 radical (unpaired) electrons. The van der Waals surface area contributed by atoms with Crippen LogP contribution in [0, 0.1) is 34.5 Å². The summed E-state index contributed by atoms with van der Waals surface area (Å²) in [6.07, 6.45) is 2.50. The third kappa shape index (κ3) is 1.98. The van der Waals surface area contributed by atoms with E-state index >= 15 is 0 Å². The highest BCUT2D eigenvalue weighted by Crippen LogP contribution is 2.66. The van der Waals surface area contributed by atoms with Crippen molar-refractivity contribution in [3.63, 3.8) is 0 Å². The van der Waals surface area contributed by atoms with Gasteiger partial charge in [0.2, 0.25) is 0 Å². The van der Waals surface area contributed by atoms with E-state index in [4.69, 9.17) is 9.47 Å². The molecule has 142 valence electrons. The lowest BCUT2D eigenvalue weighted by atomic mass is 9.39. The summed E-state index contributed by atoms with van der Waals surface area (Å²) in [6, 6.07) is 0. The van der Waals surface area contributed by atoms with Gasteiger partial charge in [0.25, 0.3) is 0 Å². The lowest BCUT2D eigenvalue weighted by Gasteiger charge is -2.64. The molecular weight excluding hydrogens is 332 g/mol. The first-order valence-electron chi connectivity index (χ1n) is 9.64. The van der Waals surface area contributed by atoms with Crippen LogP contribution >= 0.6 is 0 Å². The van der Waals surface area contributed by atoms with Gasteiger partial charge in [-0.3, -0.25) is 14.4 Å². The molecule has 0 aromatic carbocycles. The lowest BCUT2D eigenvalue weighted by molar-refractivity contribution is -0.223. The van der Waals surface area contributed by atoms with E-state index in [2.05, 4.69) is 13.8 Å². The van der Waals surface area contributed by atoms with Crippen LogP contribution in [0.3, 0.4) is 0 Å². The second-order valence-corrected chi connectivity index (χ2v) is 9.25. The van der Waals surface area contributed by atoms with E-state index in [-0.39, 0.29) is 47.8 Å². The average molecular weight is 360 g/mol. The molecule has 0 amide bonds. The Bertz CT molecular complexity index is 724. The molecule has 1 aliphatic heterocycles. The first kappa shape index (κ1) is 17.9. The zero-order chi connectivity index (χ0) is 19.0. The zero-order valence-corrected chi connectivity index (χ0v) is 16.2. The van der Waals surface area contributed by atoms with Gasteiger partial charge in [-0.1, -0.05) is 26.3 Å². The average Bonchev–Trinajstić information content (AvgIpc) is 2.56. The molecule has 0 aromatic heterocycles. The van der Waals surface area contributed by atoms with Crippen molar-refractivity contribution in [2.45, 2.75) is 59.2 Å². The molecule has 1 heterocycles. The topological polar surface area (TPSA) is 69.7 Å². The number of Topliss-reactive ketones (excluding diaryl/α,β-unsaturated/α-hetero) is 1. The Morgan fingerprint density at radius 1 is 1.19 bits per heavy atom. The van der Waals surface area contributed by atoms with Crippen LogP contribution < -0.4 is 0 Å². The number of ether oxygens (including phenoxy) is 2. The van der Waals surface area contributed by atoms with Gasteiger partial charge in [-0.2, -0.15) is 0 Å². The number of hydrogen-bond donors (Lipinski definition) is 0. The van der Waals surface area contributed by atoms with E-state index < -0.39 is 22.9 Å². The molecule has 8 atom stereocenters. The number of rotatable bonds is 1. The Hall–Kier alpha value is -1.49. The van der Waals surface area contributed by atoms with Crippen LogP contribution in [0.15, 0.2) is 11.6 Å². The predicted molar refractivity (Wildman–Crippen MR) is 94.1 cm³/mol. The van der Waals surface area contributed by atoms with Crippen LogP contribution in [-0.4, -0.2) is 36.9 Å². The Morgan fingerprint density at radius 3 is 2.54 bits per heavy atom. The molecule has 0 N–H and O–H groups in total. The number of fused-ring (bicyclic) bond motifs is 2. The van der Waals surface area contributed by atoms with Crippen molar-refractivity contribution in [2.75, 3.05) is 7.11 Å². The first-order chi connectivity index (χ1) is 12.1. The normalized spacial score (nSPS) is 50.5. The van der Waals surface area contributed by atoms with Gasteiger partial charge in [0.15, 0.2) is 11.6 Å². The first-order valence-corrected chi connectivity index (χ1v) is 9.64. The number of carbonyl (C=O) groups excluding carboxylic acids is 3. The molecule has 3 aliphatic carbocycles. The summed E-state index contributed by atoms with van der Waals surface area (Å²) in [5, 5.41) is 0. The van der Waals surface area contributed by atoms with Crippen LogP contribution in [0.1, 0.15) is 47.0 Å². The molecule has 4 rings (SSSR count). The van der Waals surface area contributed by atoms with Gasteiger partial charge in [0.1, 0.15) is 12.2 Å². The van der Waals surface area contributed by atoms with Gasteiger partial charge in [0.05, 0.1) is 6.42 Å². The number of ketones is 2. The zero-order valence-electron chi connectivity index (χ0n) is 16.2. The quantitative estimate of drug-likeness (QED) is 0.673. The maximum Gasteiger partial charge on any atom is 0.306 e. The highest BCUT2D eigenvalue weighted by atomic mass is 16.5. The lowest BCUT2D eigenvalue weighted by Crippen LogP contribution is -2.70. The molecule has 0 unspecified atom stereocenters. The fraction of sp³-hybridized carbons (Fsp3) is 0.762. The minimum atomic E-state index is -0.778. The minimum Gasteiger partial charge on any atom is -0.462 e. The Balaban J connectivity index is 1.92. The summed E-state index contributed by atoms with van der Waals surface area (Å²) in [4.78, 5) is 39.0. The second-order valence-electron chi connectivity index (χ2n) is 9.25. The molecule has 0 bridgehead atoms. The molecule has 3 fully saturated rings. The van der Waals surface area contributed by atoms with Crippen molar-refractivity contribution in [1.29, 1.82) is 0 Å². The van der Waals surface area contributed by atoms with Gasteiger partial charge in [-0.25, -0.2) is 0 Å².